The minimum atomic E-state index is -0.570. The molecule has 2 atom stereocenters. The van der Waals surface area contributed by atoms with E-state index in [0.717, 1.165) is 55.4 Å². The first-order valence-corrected chi connectivity index (χ1v) is 12.8. The van der Waals surface area contributed by atoms with Crippen LogP contribution < -0.4 is 15.4 Å². The van der Waals surface area contributed by atoms with Gasteiger partial charge in [-0.1, -0.05) is 24.3 Å². The van der Waals surface area contributed by atoms with E-state index in [1.807, 2.05) is 49.4 Å². The van der Waals surface area contributed by atoms with Crippen molar-refractivity contribution in [3.05, 3.63) is 89.0 Å². The van der Waals surface area contributed by atoms with Crippen LogP contribution >= 0.6 is 0 Å². The molecule has 8 nitrogen and oxygen atoms in total. The average Bonchev–Trinajstić information content (AvgIpc) is 3.26. The highest BCUT2D eigenvalue weighted by Crippen LogP contribution is 2.33. The number of amides is 2. The number of ether oxygens (including phenoxy) is 2. The molecule has 2 aliphatic heterocycles. The van der Waals surface area contributed by atoms with Gasteiger partial charge < -0.3 is 20.1 Å². The topological polar surface area (TPSA) is 92.3 Å². The van der Waals surface area contributed by atoms with Crippen LogP contribution in [0.15, 0.2) is 71.7 Å². The van der Waals surface area contributed by atoms with Crippen LogP contribution in [-0.4, -0.2) is 56.3 Å². The molecule has 2 amide bonds. The second-order valence-corrected chi connectivity index (χ2v) is 9.57. The average molecular weight is 513 g/mol. The number of rotatable bonds is 8. The van der Waals surface area contributed by atoms with E-state index >= 15 is 0 Å². The number of hydrogen-bond acceptors (Lipinski definition) is 6. The summed E-state index contributed by atoms with van der Waals surface area (Å²) in [5.74, 6) is -0.168. The van der Waals surface area contributed by atoms with Crippen molar-refractivity contribution in [2.75, 3.05) is 38.7 Å². The lowest BCUT2D eigenvalue weighted by molar-refractivity contribution is -0.115. The van der Waals surface area contributed by atoms with Crippen LogP contribution in [0.2, 0.25) is 0 Å². The minimum Gasteiger partial charge on any atom is -0.497 e. The van der Waals surface area contributed by atoms with Crippen molar-refractivity contribution in [2.45, 2.75) is 25.4 Å². The highest BCUT2D eigenvalue weighted by molar-refractivity contribution is 6.13. The summed E-state index contributed by atoms with van der Waals surface area (Å²) < 4.78 is 10.6. The Labute approximate surface area is 222 Å². The second-order valence-electron chi connectivity index (χ2n) is 9.57. The number of nitrogens with one attached hydrogen (secondary N) is 2. The van der Waals surface area contributed by atoms with E-state index in [1.54, 1.807) is 31.5 Å². The molecule has 0 bridgehead atoms. The molecule has 0 aliphatic carbocycles. The Hall–Kier alpha value is -4.01. The van der Waals surface area contributed by atoms with Crippen LogP contribution in [-0.2, 0) is 16.1 Å². The molecule has 1 fully saturated rings. The SMILES string of the molecule is COc1ccc(C(C)NC(=O)c2ccc3c(c2)C(C=Nc2cccc(CN4CCOCC4)c2)C(=O)N3)cc1. The van der Waals surface area contributed by atoms with Crippen molar-refractivity contribution in [3.8, 4) is 5.75 Å². The van der Waals surface area contributed by atoms with E-state index in [1.165, 1.54) is 5.56 Å². The number of nitrogens with zero attached hydrogens (tertiary/aromatic N) is 2. The van der Waals surface area contributed by atoms with Gasteiger partial charge in [0.2, 0.25) is 5.91 Å². The fourth-order valence-electron chi connectivity index (χ4n) is 4.74. The van der Waals surface area contributed by atoms with Crippen LogP contribution in [0.5, 0.6) is 5.75 Å². The number of fused-ring (bicyclic) bond motifs is 1. The number of morpholine rings is 1. The number of anilines is 1. The summed E-state index contributed by atoms with van der Waals surface area (Å²) in [4.78, 5) is 32.8. The van der Waals surface area contributed by atoms with Gasteiger partial charge in [-0.2, -0.15) is 0 Å². The van der Waals surface area contributed by atoms with E-state index in [0.29, 0.717) is 11.3 Å². The van der Waals surface area contributed by atoms with Crippen molar-refractivity contribution in [1.29, 1.82) is 0 Å². The van der Waals surface area contributed by atoms with Gasteiger partial charge >= 0.3 is 0 Å². The summed E-state index contributed by atoms with van der Waals surface area (Å²) >= 11 is 0. The van der Waals surface area contributed by atoms with Gasteiger partial charge in [0.1, 0.15) is 11.7 Å². The van der Waals surface area contributed by atoms with Crippen LogP contribution in [0.25, 0.3) is 0 Å². The lowest BCUT2D eigenvalue weighted by atomic mass is 9.99. The molecule has 38 heavy (non-hydrogen) atoms. The van der Waals surface area contributed by atoms with Gasteiger partial charge in [-0.3, -0.25) is 19.5 Å². The highest BCUT2D eigenvalue weighted by Gasteiger charge is 2.30. The van der Waals surface area contributed by atoms with Crippen molar-refractivity contribution in [3.63, 3.8) is 0 Å². The third-order valence-corrected chi connectivity index (χ3v) is 6.95. The summed E-state index contributed by atoms with van der Waals surface area (Å²) in [6.07, 6.45) is 1.66. The molecule has 2 unspecified atom stereocenters. The third kappa shape index (κ3) is 5.93. The highest BCUT2D eigenvalue weighted by atomic mass is 16.5. The Morgan fingerprint density at radius 1 is 1.16 bits per heavy atom. The minimum absolute atomic E-state index is 0.155. The predicted molar refractivity (Wildman–Crippen MR) is 147 cm³/mol. The van der Waals surface area contributed by atoms with Crippen molar-refractivity contribution >= 4 is 29.4 Å². The van der Waals surface area contributed by atoms with E-state index < -0.39 is 5.92 Å². The molecule has 0 aromatic heterocycles. The molecular weight excluding hydrogens is 480 g/mol. The number of aliphatic imine (C=N–C) groups is 1. The maximum Gasteiger partial charge on any atom is 0.251 e. The normalized spacial score (nSPS) is 18.2. The third-order valence-electron chi connectivity index (χ3n) is 6.95. The monoisotopic (exact) mass is 512 g/mol. The first-order valence-electron chi connectivity index (χ1n) is 12.8. The summed E-state index contributed by atoms with van der Waals surface area (Å²) in [6, 6.07) is 20.7. The van der Waals surface area contributed by atoms with Gasteiger partial charge in [0.25, 0.3) is 5.91 Å². The second kappa shape index (κ2) is 11.6. The van der Waals surface area contributed by atoms with E-state index in [4.69, 9.17) is 9.47 Å². The smallest absolute Gasteiger partial charge is 0.251 e. The molecule has 0 radical (unpaired) electrons. The summed E-state index contributed by atoms with van der Waals surface area (Å²) in [5.41, 5.74) is 4.87. The fourth-order valence-corrected chi connectivity index (χ4v) is 4.74. The number of benzene rings is 3. The zero-order valence-electron chi connectivity index (χ0n) is 21.6. The van der Waals surface area contributed by atoms with Gasteiger partial charge in [0.05, 0.1) is 32.1 Å². The molecule has 8 heteroatoms. The van der Waals surface area contributed by atoms with E-state index in [2.05, 4.69) is 26.6 Å². The molecule has 3 aromatic rings. The van der Waals surface area contributed by atoms with Gasteiger partial charge in [-0.25, -0.2) is 0 Å². The van der Waals surface area contributed by atoms with Gasteiger partial charge in [-0.05, 0) is 66.1 Å². The van der Waals surface area contributed by atoms with E-state index in [9.17, 15) is 9.59 Å². The Morgan fingerprint density at radius 2 is 1.95 bits per heavy atom. The molecule has 0 saturated carbocycles. The molecule has 196 valence electrons. The maximum atomic E-state index is 13.0. The van der Waals surface area contributed by atoms with Crippen LogP contribution in [0.3, 0.4) is 0 Å². The molecule has 5 rings (SSSR count). The lowest BCUT2D eigenvalue weighted by Crippen LogP contribution is -2.35. The molecule has 2 heterocycles. The van der Waals surface area contributed by atoms with Gasteiger partial charge in [-0.15, -0.1) is 0 Å². The van der Waals surface area contributed by atoms with E-state index in [-0.39, 0.29) is 17.9 Å². The first kappa shape index (κ1) is 25.6. The predicted octanol–water partition coefficient (Wildman–Crippen LogP) is 4.46. The Morgan fingerprint density at radius 3 is 2.71 bits per heavy atom. The Balaban J connectivity index is 1.28. The summed E-state index contributed by atoms with van der Waals surface area (Å²) in [7, 11) is 1.62. The molecule has 2 aliphatic rings. The number of methoxy groups -OCH3 is 1. The molecule has 1 saturated heterocycles. The van der Waals surface area contributed by atoms with Crippen molar-refractivity contribution < 1.29 is 19.1 Å². The first-order chi connectivity index (χ1) is 18.5. The standard InChI is InChI=1S/C30H32N4O4/c1-20(22-6-9-25(37-2)10-7-22)32-29(35)23-8-11-28-26(17-23)27(30(36)33-28)18-31-24-5-3-4-21(16-24)19-34-12-14-38-15-13-34/h3-11,16-18,20,27H,12-15,19H2,1-2H3,(H,32,35)(H,33,36). The maximum absolute atomic E-state index is 13.0. The number of carbonyl (C=O) groups excluding carboxylic acids is 2. The molecule has 0 spiro atoms. The zero-order valence-corrected chi connectivity index (χ0v) is 21.6. The van der Waals surface area contributed by atoms with Gasteiger partial charge in [0.15, 0.2) is 0 Å². The van der Waals surface area contributed by atoms with Gasteiger partial charge in [0, 0.05) is 37.1 Å². The number of hydrogen-bond donors (Lipinski definition) is 2. The lowest BCUT2D eigenvalue weighted by Gasteiger charge is -2.26. The fraction of sp³-hybridized carbons (Fsp3) is 0.300. The summed E-state index contributed by atoms with van der Waals surface area (Å²) in [5, 5.41) is 5.93. The quantitative estimate of drug-likeness (QED) is 0.435. The Bertz CT molecular complexity index is 1330. The molecular formula is C30H32N4O4. The van der Waals surface area contributed by atoms with Crippen LogP contribution in [0, 0.1) is 0 Å². The summed E-state index contributed by atoms with van der Waals surface area (Å²) in [6.45, 7) is 6.12. The molecule has 2 N–H and O–H groups in total. The molecule has 3 aromatic carbocycles. The van der Waals surface area contributed by atoms with Crippen molar-refractivity contribution in [2.24, 2.45) is 4.99 Å². The van der Waals surface area contributed by atoms with Crippen LogP contribution in [0.1, 0.15) is 45.9 Å². The largest absolute Gasteiger partial charge is 0.497 e. The Kier molecular flexibility index (Phi) is 7.81. The van der Waals surface area contributed by atoms with Crippen molar-refractivity contribution in [1.82, 2.24) is 10.2 Å². The zero-order chi connectivity index (χ0) is 26.5. The van der Waals surface area contributed by atoms with Crippen LogP contribution in [0.4, 0.5) is 11.4 Å². The number of carbonyl (C=O) groups is 2.